The molecule has 2 aromatic carbocycles. The van der Waals surface area contributed by atoms with Gasteiger partial charge in [0.1, 0.15) is 5.75 Å². The summed E-state index contributed by atoms with van der Waals surface area (Å²) < 4.78 is 33.8. The molecule has 152 valence electrons. The van der Waals surface area contributed by atoms with Gasteiger partial charge in [-0.1, -0.05) is 12.1 Å². The minimum atomic E-state index is -3.54. The Kier molecular flexibility index (Phi) is 6.01. The normalized spacial score (nSPS) is 15.7. The molecular weight excluding hydrogens is 372 g/mol. The summed E-state index contributed by atoms with van der Waals surface area (Å²) in [5, 5.41) is 0. The van der Waals surface area contributed by atoms with E-state index in [0.29, 0.717) is 43.4 Å². The molecule has 0 N–H and O–H groups in total. The molecule has 1 heterocycles. The summed E-state index contributed by atoms with van der Waals surface area (Å²) in [4.78, 5) is 2.60. The number of aryl methyl sites for hydroxylation is 4. The fraction of sp³-hybridized carbons (Fsp3) is 0.455. The van der Waals surface area contributed by atoms with Crippen LogP contribution in [0.5, 0.6) is 5.75 Å². The van der Waals surface area contributed by atoms with Gasteiger partial charge in [0.15, 0.2) is 0 Å². The maximum atomic E-state index is 13.3. The Bertz CT molecular complexity index is 962. The Balaban J connectivity index is 1.79. The van der Waals surface area contributed by atoms with Gasteiger partial charge in [-0.3, -0.25) is 0 Å². The highest BCUT2D eigenvalue weighted by Crippen LogP contribution is 2.29. The van der Waals surface area contributed by atoms with Gasteiger partial charge in [0.05, 0.1) is 11.5 Å². The summed E-state index contributed by atoms with van der Waals surface area (Å²) in [5.74, 6) is 0.639. The van der Waals surface area contributed by atoms with Crippen molar-refractivity contribution in [3.63, 3.8) is 0 Å². The summed E-state index contributed by atoms with van der Waals surface area (Å²) >= 11 is 0. The maximum Gasteiger partial charge on any atom is 0.243 e. The van der Waals surface area contributed by atoms with Crippen molar-refractivity contribution in [1.29, 1.82) is 0 Å². The van der Waals surface area contributed by atoms with Gasteiger partial charge in [0.2, 0.25) is 10.0 Å². The Labute approximate surface area is 169 Å². The lowest BCUT2D eigenvalue weighted by Crippen LogP contribution is -2.48. The quantitative estimate of drug-likeness (QED) is 0.763. The van der Waals surface area contributed by atoms with Crippen molar-refractivity contribution in [2.75, 3.05) is 37.7 Å². The topological polar surface area (TPSA) is 49.9 Å². The van der Waals surface area contributed by atoms with E-state index in [1.54, 1.807) is 10.4 Å². The van der Waals surface area contributed by atoms with E-state index in [9.17, 15) is 8.42 Å². The Hall–Kier alpha value is -2.05. The maximum absolute atomic E-state index is 13.3. The summed E-state index contributed by atoms with van der Waals surface area (Å²) in [6, 6.07) is 9.99. The zero-order valence-electron chi connectivity index (χ0n) is 17.4. The lowest BCUT2D eigenvalue weighted by atomic mass is 10.1. The van der Waals surface area contributed by atoms with E-state index in [2.05, 4.69) is 36.9 Å². The molecule has 28 heavy (non-hydrogen) atoms. The van der Waals surface area contributed by atoms with E-state index in [0.717, 1.165) is 16.8 Å². The first-order valence-electron chi connectivity index (χ1n) is 9.80. The van der Waals surface area contributed by atoms with Crippen molar-refractivity contribution in [3.8, 4) is 5.75 Å². The van der Waals surface area contributed by atoms with Gasteiger partial charge in [-0.2, -0.15) is 4.31 Å². The highest BCUT2D eigenvalue weighted by molar-refractivity contribution is 7.89. The molecule has 1 saturated heterocycles. The third kappa shape index (κ3) is 4.03. The molecule has 0 bridgehead atoms. The summed E-state index contributed by atoms with van der Waals surface area (Å²) in [5.41, 5.74) is 5.40. The van der Waals surface area contributed by atoms with Crippen LogP contribution in [0.4, 0.5) is 5.69 Å². The number of benzene rings is 2. The smallest absolute Gasteiger partial charge is 0.243 e. The van der Waals surface area contributed by atoms with Crippen LogP contribution in [0.1, 0.15) is 29.2 Å². The van der Waals surface area contributed by atoms with Gasteiger partial charge < -0.3 is 9.64 Å². The van der Waals surface area contributed by atoms with Crippen LogP contribution in [0, 0.1) is 27.7 Å². The third-order valence-electron chi connectivity index (χ3n) is 5.48. The molecule has 0 unspecified atom stereocenters. The molecule has 0 radical (unpaired) electrons. The Morgan fingerprint density at radius 3 is 2.14 bits per heavy atom. The van der Waals surface area contributed by atoms with Crippen LogP contribution in [-0.4, -0.2) is 45.5 Å². The largest absolute Gasteiger partial charge is 0.494 e. The van der Waals surface area contributed by atoms with Gasteiger partial charge in [-0.05, 0) is 69.0 Å². The second kappa shape index (κ2) is 8.13. The molecule has 0 saturated carbocycles. The molecule has 3 rings (SSSR count). The standard InChI is InChI=1S/C22H30N2O3S/c1-6-27-21-15-22(19(5)13-18(21)4)28(25,26)24-11-9-23(10-12-24)20-8-7-16(2)17(3)14-20/h7-8,13-15H,6,9-12H2,1-5H3. The number of hydrogen-bond acceptors (Lipinski definition) is 4. The van der Waals surface area contributed by atoms with Gasteiger partial charge in [0, 0.05) is 37.9 Å². The van der Waals surface area contributed by atoms with Gasteiger partial charge in [0.25, 0.3) is 0 Å². The highest BCUT2D eigenvalue weighted by Gasteiger charge is 2.30. The SMILES string of the molecule is CCOc1cc(S(=O)(=O)N2CCN(c3ccc(C)c(C)c3)CC2)c(C)cc1C. The number of anilines is 1. The van der Waals surface area contributed by atoms with Gasteiger partial charge >= 0.3 is 0 Å². The number of nitrogens with zero attached hydrogens (tertiary/aromatic N) is 2. The van der Waals surface area contributed by atoms with Crippen LogP contribution in [-0.2, 0) is 10.0 Å². The van der Waals surface area contributed by atoms with Crippen molar-refractivity contribution in [2.45, 2.75) is 39.5 Å². The molecule has 5 nitrogen and oxygen atoms in total. The van der Waals surface area contributed by atoms with Crippen LogP contribution < -0.4 is 9.64 Å². The summed E-state index contributed by atoms with van der Waals surface area (Å²) in [6.07, 6.45) is 0. The van der Waals surface area contributed by atoms with Crippen molar-refractivity contribution in [3.05, 3.63) is 52.6 Å². The predicted octanol–water partition coefficient (Wildman–Crippen LogP) is 3.83. The van der Waals surface area contributed by atoms with Crippen molar-refractivity contribution in [1.82, 2.24) is 4.31 Å². The van der Waals surface area contributed by atoms with Crippen LogP contribution in [0.25, 0.3) is 0 Å². The van der Waals surface area contributed by atoms with Crippen LogP contribution in [0.3, 0.4) is 0 Å². The fourth-order valence-electron chi connectivity index (χ4n) is 3.65. The molecule has 0 amide bonds. The molecule has 1 aliphatic heterocycles. The second-order valence-corrected chi connectivity index (χ2v) is 9.38. The van der Waals surface area contributed by atoms with Crippen molar-refractivity contribution >= 4 is 15.7 Å². The molecule has 0 atom stereocenters. The van der Waals surface area contributed by atoms with Crippen molar-refractivity contribution in [2.24, 2.45) is 0 Å². The van der Waals surface area contributed by atoms with Crippen LogP contribution >= 0.6 is 0 Å². The summed E-state index contributed by atoms with van der Waals surface area (Å²) in [7, 11) is -3.54. The number of sulfonamides is 1. The molecule has 0 spiro atoms. The fourth-order valence-corrected chi connectivity index (χ4v) is 5.29. The Morgan fingerprint density at radius 2 is 1.54 bits per heavy atom. The van der Waals surface area contributed by atoms with Crippen LogP contribution in [0.2, 0.25) is 0 Å². The number of hydrogen-bond donors (Lipinski definition) is 0. The Morgan fingerprint density at radius 1 is 0.857 bits per heavy atom. The molecular formula is C22H30N2O3S. The average molecular weight is 403 g/mol. The highest BCUT2D eigenvalue weighted by atomic mass is 32.2. The first kappa shape index (κ1) is 20.7. The average Bonchev–Trinajstić information content (AvgIpc) is 2.66. The lowest BCUT2D eigenvalue weighted by Gasteiger charge is -2.36. The third-order valence-corrected chi connectivity index (χ3v) is 7.53. The zero-order chi connectivity index (χ0) is 20.5. The molecule has 6 heteroatoms. The molecule has 1 aliphatic rings. The first-order chi connectivity index (χ1) is 13.2. The molecule has 2 aromatic rings. The number of piperazine rings is 1. The van der Waals surface area contributed by atoms with E-state index < -0.39 is 10.0 Å². The summed E-state index contributed by atoms with van der Waals surface area (Å²) in [6.45, 7) is 12.7. The lowest BCUT2D eigenvalue weighted by molar-refractivity contribution is 0.336. The van der Waals surface area contributed by atoms with Gasteiger partial charge in [-0.25, -0.2) is 8.42 Å². The van der Waals surface area contributed by atoms with Crippen molar-refractivity contribution < 1.29 is 13.2 Å². The first-order valence-corrected chi connectivity index (χ1v) is 11.2. The number of rotatable bonds is 5. The van der Waals surface area contributed by atoms with E-state index in [-0.39, 0.29) is 0 Å². The monoisotopic (exact) mass is 402 g/mol. The molecule has 1 fully saturated rings. The van der Waals surface area contributed by atoms with E-state index >= 15 is 0 Å². The minimum absolute atomic E-state index is 0.348. The predicted molar refractivity (Wildman–Crippen MR) is 114 cm³/mol. The van der Waals surface area contributed by atoms with E-state index in [1.165, 1.54) is 11.1 Å². The van der Waals surface area contributed by atoms with Gasteiger partial charge in [-0.15, -0.1) is 0 Å². The minimum Gasteiger partial charge on any atom is -0.494 e. The molecule has 0 aromatic heterocycles. The number of ether oxygens (including phenoxy) is 1. The van der Waals surface area contributed by atoms with E-state index in [1.807, 2.05) is 26.8 Å². The van der Waals surface area contributed by atoms with E-state index in [4.69, 9.17) is 4.74 Å². The zero-order valence-corrected chi connectivity index (χ0v) is 18.3. The molecule has 0 aliphatic carbocycles. The van der Waals surface area contributed by atoms with Crippen LogP contribution in [0.15, 0.2) is 35.2 Å². The second-order valence-electron chi connectivity index (χ2n) is 7.48.